The maximum atomic E-state index is 12.4. The number of H-pyrrole nitrogens is 1. The highest BCUT2D eigenvalue weighted by Crippen LogP contribution is 2.25. The molecule has 2 rings (SSSR count). The number of nitrogens with zero attached hydrogens (tertiary/aromatic N) is 2. The molecule has 1 saturated heterocycles. The molecule has 0 bridgehead atoms. The summed E-state index contributed by atoms with van der Waals surface area (Å²) in [6.07, 6.45) is 2.36. The molecule has 1 fully saturated rings. The van der Waals surface area contributed by atoms with Crippen molar-refractivity contribution in [3.05, 3.63) is 12.5 Å². The molecule has 102 valence electrons. The standard InChI is InChI=1S/C10H18N4O3S/c1-10(2)6-14(5-8(3-11)17-10)18(15,16)9-4-12-7-13-9/h4,7-8H,3,5-6,11H2,1-2H3,(H,12,13). The third kappa shape index (κ3) is 2.56. The minimum Gasteiger partial charge on any atom is -0.368 e. The first-order valence-corrected chi connectivity index (χ1v) is 7.15. The molecule has 8 heteroatoms. The van der Waals surface area contributed by atoms with Gasteiger partial charge in [-0.05, 0) is 13.8 Å². The van der Waals surface area contributed by atoms with E-state index in [1.807, 2.05) is 13.8 Å². The van der Waals surface area contributed by atoms with Crippen molar-refractivity contribution in [2.24, 2.45) is 5.73 Å². The van der Waals surface area contributed by atoms with E-state index in [0.717, 1.165) is 0 Å². The number of nitrogens with two attached hydrogens (primary N) is 1. The normalized spacial score (nSPS) is 25.2. The lowest BCUT2D eigenvalue weighted by molar-refractivity contribution is -0.112. The van der Waals surface area contributed by atoms with E-state index in [2.05, 4.69) is 9.97 Å². The van der Waals surface area contributed by atoms with Gasteiger partial charge >= 0.3 is 0 Å². The monoisotopic (exact) mass is 274 g/mol. The number of rotatable bonds is 3. The van der Waals surface area contributed by atoms with Gasteiger partial charge in [-0.3, -0.25) is 0 Å². The number of hydrogen-bond acceptors (Lipinski definition) is 5. The van der Waals surface area contributed by atoms with Crippen LogP contribution >= 0.6 is 0 Å². The van der Waals surface area contributed by atoms with Crippen molar-refractivity contribution >= 4 is 10.0 Å². The maximum absolute atomic E-state index is 12.4. The van der Waals surface area contributed by atoms with Gasteiger partial charge in [0.1, 0.15) is 0 Å². The molecule has 1 atom stereocenters. The van der Waals surface area contributed by atoms with Crippen molar-refractivity contribution in [1.82, 2.24) is 14.3 Å². The molecule has 1 unspecified atom stereocenters. The van der Waals surface area contributed by atoms with E-state index >= 15 is 0 Å². The Hall–Kier alpha value is -0.960. The molecule has 0 aliphatic carbocycles. The van der Waals surface area contributed by atoms with Gasteiger partial charge < -0.3 is 15.5 Å². The van der Waals surface area contributed by atoms with Crippen molar-refractivity contribution in [2.75, 3.05) is 19.6 Å². The summed E-state index contributed by atoms with van der Waals surface area (Å²) >= 11 is 0. The van der Waals surface area contributed by atoms with Crippen LogP contribution in [0.5, 0.6) is 0 Å². The summed E-state index contributed by atoms with van der Waals surface area (Å²) in [5, 5.41) is 0.0935. The van der Waals surface area contributed by atoms with Crippen LogP contribution in [0, 0.1) is 0 Å². The van der Waals surface area contributed by atoms with Crippen LogP contribution in [0.25, 0.3) is 0 Å². The zero-order valence-corrected chi connectivity index (χ0v) is 11.3. The molecule has 2 heterocycles. The van der Waals surface area contributed by atoms with Gasteiger partial charge in [0.15, 0.2) is 5.03 Å². The first-order valence-electron chi connectivity index (χ1n) is 5.71. The molecule has 0 amide bonds. The van der Waals surface area contributed by atoms with Crippen molar-refractivity contribution in [2.45, 2.75) is 30.6 Å². The van der Waals surface area contributed by atoms with E-state index in [1.54, 1.807) is 0 Å². The number of imidazole rings is 1. The van der Waals surface area contributed by atoms with Crippen molar-refractivity contribution in [3.8, 4) is 0 Å². The molecular formula is C10H18N4O3S. The van der Waals surface area contributed by atoms with Crippen LogP contribution in [-0.4, -0.2) is 54.0 Å². The SMILES string of the molecule is CC1(C)CN(S(=O)(=O)c2cnc[nH]2)CC(CN)O1. The molecule has 3 N–H and O–H groups in total. The van der Waals surface area contributed by atoms with E-state index in [0.29, 0.717) is 13.1 Å². The van der Waals surface area contributed by atoms with Crippen molar-refractivity contribution in [1.29, 1.82) is 0 Å². The number of morpholine rings is 1. The second-order valence-electron chi connectivity index (χ2n) is 4.95. The third-order valence-electron chi connectivity index (χ3n) is 2.80. The Balaban J connectivity index is 2.28. The van der Waals surface area contributed by atoms with Gasteiger partial charge in [-0.2, -0.15) is 4.31 Å². The highest BCUT2D eigenvalue weighted by atomic mass is 32.2. The van der Waals surface area contributed by atoms with E-state index in [4.69, 9.17) is 10.5 Å². The quantitative estimate of drug-likeness (QED) is 0.776. The van der Waals surface area contributed by atoms with Crippen molar-refractivity contribution in [3.63, 3.8) is 0 Å². The molecule has 7 nitrogen and oxygen atoms in total. The van der Waals surface area contributed by atoms with Crippen LogP contribution in [0.2, 0.25) is 0 Å². The van der Waals surface area contributed by atoms with E-state index < -0.39 is 15.6 Å². The Morgan fingerprint density at radius 3 is 2.94 bits per heavy atom. The molecule has 1 aromatic rings. The molecule has 0 aromatic carbocycles. The van der Waals surface area contributed by atoms with E-state index in [9.17, 15) is 8.42 Å². The van der Waals surface area contributed by atoms with Crippen LogP contribution < -0.4 is 5.73 Å². The lowest BCUT2D eigenvalue weighted by Crippen LogP contribution is -2.56. The number of aromatic amines is 1. The predicted octanol–water partition coefficient (Wildman–Crippen LogP) is -0.463. The van der Waals surface area contributed by atoms with Gasteiger partial charge in [0.2, 0.25) is 0 Å². The molecular weight excluding hydrogens is 256 g/mol. The third-order valence-corrected chi connectivity index (χ3v) is 4.54. The van der Waals surface area contributed by atoms with Crippen LogP contribution in [0.1, 0.15) is 13.8 Å². The van der Waals surface area contributed by atoms with Gasteiger partial charge in [-0.1, -0.05) is 0 Å². The molecule has 0 saturated carbocycles. The Labute approximate surface area is 106 Å². The fourth-order valence-corrected chi connectivity index (χ4v) is 3.59. The Bertz CT molecular complexity index is 497. The van der Waals surface area contributed by atoms with Crippen molar-refractivity contribution < 1.29 is 13.2 Å². The number of hydrogen-bond donors (Lipinski definition) is 2. The summed E-state index contributed by atoms with van der Waals surface area (Å²) in [6.45, 7) is 4.55. The maximum Gasteiger partial charge on any atom is 0.260 e. The van der Waals surface area contributed by atoms with E-state index in [-0.39, 0.29) is 17.7 Å². The van der Waals surface area contributed by atoms with Gasteiger partial charge in [0.25, 0.3) is 10.0 Å². The largest absolute Gasteiger partial charge is 0.368 e. The van der Waals surface area contributed by atoms with Gasteiger partial charge in [-0.15, -0.1) is 0 Å². The van der Waals surface area contributed by atoms with Gasteiger partial charge in [0.05, 0.1) is 24.2 Å². The number of nitrogens with one attached hydrogen (secondary N) is 1. The lowest BCUT2D eigenvalue weighted by Gasteiger charge is -2.41. The summed E-state index contributed by atoms with van der Waals surface area (Å²) < 4.78 is 31.8. The fraction of sp³-hybridized carbons (Fsp3) is 0.700. The second kappa shape index (κ2) is 4.61. The fourth-order valence-electron chi connectivity index (χ4n) is 2.07. The smallest absolute Gasteiger partial charge is 0.260 e. The molecule has 1 aliphatic heterocycles. The zero-order chi connectivity index (χ0) is 13.4. The summed E-state index contributed by atoms with van der Waals surface area (Å²) in [7, 11) is -3.55. The molecule has 1 aliphatic rings. The second-order valence-corrected chi connectivity index (χ2v) is 6.86. The number of ether oxygens (including phenoxy) is 1. The summed E-state index contributed by atoms with van der Waals surface area (Å²) in [4.78, 5) is 6.36. The van der Waals surface area contributed by atoms with E-state index in [1.165, 1.54) is 16.8 Å². The highest BCUT2D eigenvalue weighted by molar-refractivity contribution is 7.89. The Morgan fingerprint density at radius 1 is 1.67 bits per heavy atom. The van der Waals surface area contributed by atoms with Gasteiger partial charge in [0, 0.05) is 19.6 Å². The van der Waals surface area contributed by atoms with Crippen LogP contribution in [-0.2, 0) is 14.8 Å². The molecule has 18 heavy (non-hydrogen) atoms. The number of sulfonamides is 1. The minimum atomic E-state index is -3.55. The summed E-state index contributed by atoms with van der Waals surface area (Å²) in [5.74, 6) is 0. The van der Waals surface area contributed by atoms with Crippen LogP contribution in [0.4, 0.5) is 0 Å². The van der Waals surface area contributed by atoms with Gasteiger partial charge in [-0.25, -0.2) is 13.4 Å². The average molecular weight is 274 g/mol. The average Bonchev–Trinajstić information content (AvgIpc) is 2.80. The zero-order valence-electron chi connectivity index (χ0n) is 10.5. The first kappa shape index (κ1) is 13.5. The van der Waals surface area contributed by atoms with Crippen LogP contribution in [0.3, 0.4) is 0 Å². The Kier molecular flexibility index (Phi) is 3.45. The lowest BCUT2D eigenvalue weighted by atomic mass is 10.1. The summed E-state index contributed by atoms with van der Waals surface area (Å²) in [6, 6.07) is 0. The minimum absolute atomic E-state index is 0.0935. The molecule has 0 radical (unpaired) electrons. The highest BCUT2D eigenvalue weighted by Gasteiger charge is 2.39. The topological polar surface area (TPSA) is 101 Å². The van der Waals surface area contributed by atoms with Crippen LogP contribution in [0.15, 0.2) is 17.6 Å². The molecule has 1 aromatic heterocycles. The number of aromatic nitrogens is 2. The predicted molar refractivity (Wildman–Crippen MR) is 65.4 cm³/mol. The molecule has 0 spiro atoms. The first-order chi connectivity index (χ1) is 8.35. The Morgan fingerprint density at radius 2 is 2.39 bits per heavy atom. The summed E-state index contributed by atoms with van der Waals surface area (Å²) in [5.41, 5.74) is 5.04.